The molecule has 0 spiro atoms. The molecule has 0 bridgehead atoms. The van der Waals surface area contributed by atoms with E-state index in [0.29, 0.717) is 0 Å². The van der Waals surface area contributed by atoms with Gasteiger partial charge in [-0.1, -0.05) is 139 Å². The highest BCUT2D eigenvalue weighted by Gasteiger charge is 2.30. The van der Waals surface area contributed by atoms with Crippen molar-refractivity contribution in [1.82, 2.24) is 0 Å². The molecular weight excluding hydrogens is 752 g/mol. The minimum absolute atomic E-state index is 0. The summed E-state index contributed by atoms with van der Waals surface area (Å²) < 4.78 is 0. The predicted octanol–water partition coefficient (Wildman–Crippen LogP) is 6.17. The van der Waals surface area contributed by atoms with E-state index in [1.165, 1.54) is 40.5 Å². The standard InChI is InChI=1S/2C22H23S.2BrH/c2*1-22(2,3)18-14-16-21(17-15-18)23(19-10-6-4-7-11-19)20-12-8-5-9-13-20;;/h2*4-17H,1-3H3;2*1H/q2*+1;;/p-2. The fourth-order valence-corrected chi connectivity index (χ4v) is 9.39. The van der Waals surface area contributed by atoms with Gasteiger partial charge in [-0.05, 0) is 94.8 Å². The number of halogens is 2. The number of benzene rings is 6. The molecule has 0 saturated heterocycles. The maximum atomic E-state index is 2.30. The molecule has 0 atom stereocenters. The summed E-state index contributed by atoms with van der Waals surface area (Å²) in [4.78, 5) is 8.19. The molecule has 6 aromatic rings. The van der Waals surface area contributed by atoms with Gasteiger partial charge in [0.25, 0.3) is 0 Å². The van der Waals surface area contributed by atoms with Crippen LogP contribution in [0.2, 0.25) is 0 Å². The van der Waals surface area contributed by atoms with Gasteiger partial charge in [0.15, 0.2) is 29.4 Å². The average molecular weight is 799 g/mol. The van der Waals surface area contributed by atoms with Gasteiger partial charge in [0, 0.05) is 0 Å². The van der Waals surface area contributed by atoms with Crippen LogP contribution in [-0.4, -0.2) is 0 Å². The third kappa shape index (κ3) is 10.5. The molecule has 0 saturated carbocycles. The molecule has 0 nitrogen and oxygen atoms in total. The molecular formula is C44H46Br2S2. The molecule has 6 rings (SSSR count). The van der Waals surface area contributed by atoms with E-state index in [9.17, 15) is 0 Å². The number of hydrogen-bond donors (Lipinski definition) is 0. The number of rotatable bonds is 6. The van der Waals surface area contributed by atoms with E-state index < -0.39 is 0 Å². The van der Waals surface area contributed by atoms with E-state index in [-0.39, 0.29) is 66.6 Å². The molecule has 48 heavy (non-hydrogen) atoms. The lowest BCUT2D eigenvalue weighted by molar-refractivity contribution is -0.001000. The van der Waals surface area contributed by atoms with Gasteiger partial charge in [-0.2, -0.15) is 0 Å². The second kappa shape index (κ2) is 18.1. The summed E-state index contributed by atoms with van der Waals surface area (Å²) >= 11 is 0. The minimum atomic E-state index is -0.0497. The van der Waals surface area contributed by atoms with Crippen molar-refractivity contribution in [3.63, 3.8) is 0 Å². The maximum Gasteiger partial charge on any atom is 0.166 e. The van der Waals surface area contributed by atoms with Gasteiger partial charge in [0.05, 0.1) is 21.8 Å². The zero-order valence-electron chi connectivity index (χ0n) is 28.7. The van der Waals surface area contributed by atoms with Crippen molar-refractivity contribution in [2.24, 2.45) is 0 Å². The predicted molar refractivity (Wildman–Crippen MR) is 200 cm³/mol. The zero-order valence-corrected chi connectivity index (χ0v) is 33.5. The van der Waals surface area contributed by atoms with Crippen molar-refractivity contribution in [3.05, 3.63) is 181 Å². The Balaban J connectivity index is 0.000000250. The third-order valence-corrected chi connectivity index (χ3v) is 12.3. The zero-order chi connectivity index (χ0) is 32.6. The van der Waals surface area contributed by atoms with Gasteiger partial charge >= 0.3 is 0 Å². The third-order valence-electron chi connectivity index (χ3n) is 7.83. The quantitative estimate of drug-likeness (QED) is 0.177. The maximum absolute atomic E-state index is 2.30. The topological polar surface area (TPSA) is 0 Å². The smallest absolute Gasteiger partial charge is 0.166 e. The van der Waals surface area contributed by atoms with E-state index >= 15 is 0 Å². The lowest BCUT2D eigenvalue weighted by Gasteiger charge is -2.19. The van der Waals surface area contributed by atoms with E-state index in [1.807, 2.05) is 0 Å². The van der Waals surface area contributed by atoms with Crippen LogP contribution in [0.15, 0.2) is 199 Å². The number of hydrogen-bond acceptors (Lipinski definition) is 0. The molecule has 6 aromatic carbocycles. The minimum Gasteiger partial charge on any atom is -1.00 e. The molecule has 0 aliphatic carbocycles. The Morgan fingerprint density at radius 3 is 0.646 bits per heavy atom. The monoisotopic (exact) mass is 796 g/mol. The molecule has 0 N–H and O–H groups in total. The first-order chi connectivity index (χ1) is 22.1. The molecule has 0 aliphatic heterocycles. The van der Waals surface area contributed by atoms with Crippen LogP contribution in [0.5, 0.6) is 0 Å². The summed E-state index contributed by atoms with van der Waals surface area (Å²) in [7, 11) is -0.0994. The van der Waals surface area contributed by atoms with Crippen LogP contribution in [0, 0.1) is 0 Å². The summed E-state index contributed by atoms with van der Waals surface area (Å²) in [6.45, 7) is 13.6. The summed E-state index contributed by atoms with van der Waals surface area (Å²) in [6.07, 6.45) is 0. The highest BCUT2D eigenvalue weighted by Crippen LogP contribution is 2.34. The molecule has 0 aromatic heterocycles. The Bertz CT molecular complexity index is 1540. The van der Waals surface area contributed by atoms with Crippen LogP contribution in [0.1, 0.15) is 52.7 Å². The summed E-state index contributed by atoms with van der Waals surface area (Å²) in [5, 5.41) is 0. The first kappa shape index (κ1) is 39.4. The summed E-state index contributed by atoms with van der Waals surface area (Å²) in [5.41, 5.74) is 3.14. The summed E-state index contributed by atoms with van der Waals surface area (Å²) in [5.74, 6) is 0. The van der Waals surface area contributed by atoms with Crippen molar-refractivity contribution in [2.45, 2.75) is 81.7 Å². The lowest BCUT2D eigenvalue weighted by atomic mass is 9.87. The van der Waals surface area contributed by atoms with Gasteiger partial charge in [0.1, 0.15) is 0 Å². The highest BCUT2D eigenvalue weighted by molar-refractivity contribution is 7.97. The van der Waals surface area contributed by atoms with Gasteiger partial charge < -0.3 is 34.0 Å². The van der Waals surface area contributed by atoms with Gasteiger partial charge in [-0.15, -0.1) is 0 Å². The van der Waals surface area contributed by atoms with Crippen LogP contribution < -0.4 is 34.0 Å². The van der Waals surface area contributed by atoms with Gasteiger partial charge in [-0.3, -0.25) is 0 Å². The van der Waals surface area contributed by atoms with E-state index in [4.69, 9.17) is 0 Å². The van der Waals surface area contributed by atoms with E-state index in [1.54, 1.807) is 0 Å². The molecule has 4 heteroatoms. The average Bonchev–Trinajstić information content (AvgIpc) is 3.07. The first-order valence-corrected chi connectivity index (χ1v) is 18.5. The molecule has 0 aliphatic rings. The molecule has 0 amide bonds. The van der Waals surface area contributed by atoms with Crippen molar-refractivity contribution in [2.75, 3.05) is 0 Å². The van der Waals surface area contributed by atoms with Gasteiger partial charge in [-0.25, -0.2) is 0 Å². The second-order valence-electron chi connectivity index (χ2n) is 13.4. The van der Waals surface area contributed by atoms with Crippen LogP contribution >= 0.6 is 0 Å². The second-order valence-corrected chi connectivity index (χ2v) is 17.5. The Morgan fingerprint density at radius 2 is 0.458 bits per heavy atom. The van der Waals surface area contributed by atoms with Crippen LogP contribution in [0.3, 0.4) is 0 Å². The van der Waals surface area contributed by atoms with E-state index in [2.05, 4.69) is 211 Å². The molecule has 0 fully saturated rings. The van der Waals surface area contributed by atoms with E-state index in [0.717, 1.165) is 0 Å². The summed E-state index contributed by atoms with van der Waals surface area (Å²) in [6, 6.07) is 61.5. The van der Waals surface area contributed by atoms with Crippen molar-refractivity contribution < 1.29 is 34.0 Å². The Kier molecular flexibility index (Phi) is 14.9. The Morgan fingerprint density at radius 1 is 0.271 bits per heavy atom. The largest absolute Gasteiger partial charge is 1.00 e. The fraction of sp³-hybridized carbons (Fsp3) is 0.182. The Labute approximate surface area is 316 Å². The first-order valence-electron chi connectivity index (χ1n) is 16.0. The molecule has 0 unspecified atom stereocenters. The van der Waals surface area contributed by atoms with Crippen molar-refractivity contribution >= 4 is 21.8 Å². The van der Waals surface area contributed by atoms with Crippen LogP contribution in [0.25, 0.3) is 0 Å². The fourth-order valence-electron chi connectivity index (χ4n) is 5.22. The Hall–Kier alpha value is -3.02. The molecule has 0 heterocycles. The SMILES string of the molecule is CC(C)(C)c1ccc([S+](c2ccccc2)c2ccccc2)cc1.CC(C)(C)c1ccc([S+](c2ccccc2)c2ccccc2)cc1.[Br-].[Br-]. The van der Waals surface area contributed by atoms with Crippen LogP contribution in [0.4, 0.5) is 0 Å². The highest BCUT2D eigenvalue weighted by atomic mass is 79.9. The van der Waals surface area contributed by atoms with Gasteiger partial charge in [0.2, 0.25) is 0 Å². The van der Waals surface area contributed by atoms with Crippen LogP contribution in [-0.2, 0) is 32.6 Å². The normalized spacial score (nSPS) is 11.2. The molecule has 248 valence electrons. The van der Waals surface area contributed by atoms with Crippen molar-refractivity contribution in [3.8, 4) is 0 Å². The molecule has 0 radical (unpaired) electrons. The lowest BCUT2D eigenvalue weighted by Crippen LogP contribution is -3.00. The van der Waals surface area contributed by atoms with Crippen molar-refractivity contribution in [1.29, 1.82) is 0 Å².